The van der Waals surface area contributed by atoms with Gasteiger partial charge in [-0.15, -0.1) is 0 Å². The number of hydrogen-bond donors (Lipinski definition) is 3. The van der Waals surface area contributed by atoms with Crippen molar-refractivity contribution < 1.29 is 8.78 Å². The Labute approximate surface area is 147 Å². The fourth-order valence-electron chi connectivity index (χ4n) is 2.53. The van der Waals surface area contributed by atoms with Crippen LogP contribution in [-0.4, -0.2) is 20.2 Å². The number of H-pyrrole nitrogens is 1. The monoisotopic (exact) mass is 352 g/mol. The van der Waals surface area contributed by atoms with Crippen LogP contribution in [0.4, 0.5) is 32.1 Å². The Bertz CT molecular complexity index is 1090. The van der Waals surface area contributed by atoms with Crippen LogP contribution < -0.4 is 10.6 Å². The number of para-hydroxylation sites is 1. The average molecular weight is 352 g/mol. The third-order valence-electron chi connectivity index (χ3n) is 3.73. The summed E-state index contributed by atoms with van der Waals surface area (Å²) >= 11 is 0. The van der Waals surface area contributed by atoms with Gasteiger partial charge < -0.3 is 10.6 Å². The third-order valence-corrected chi connectivity index (χ3v) is 3.73. The van der Waals surface area contributed by atoms with E-state index >= 15 is 0 Å². The summed E-state index contributed by atoms with van der Waals surface area (Å²) in [5.41, 5.74) is 1.95. The topological polar surface area (TPSA) is 78.5 Å². The van der Waals surface area contributed by atoms with Gasteiger partial charge in [0.05, 0.1) is 5.52 Å². The van der Waals surface area contributed by atoms with Crippen molar-refractivity contribution in [1.29, 1.82) is 0 Å². The summed E-state index contributed by atoms with van der Waals surface area (Å²) in [5, 5.41) is 13.9. The van der Waals surface area contributed by atoms with Crippen LogP contribution in [0.25, 0.3) is 10.9 Å². The molecule has 2 heterocycles. The Kier molecular flexibility index (Phi) is 3.92. The first-order valence-corrected chi connectivity index (χ1v) is 7.86. The zero-order chi connectivity index (χ0) is 18.1. The van der Waals surface area contributed by atoms with Crippen molar-refractivity contribution >= 4 is 34.2 Å². The van der Waals surface area contributed by atoms with Gasteiger partial charge in [0.15, 0.2) is 17.5 Å². The molecule has 0 aliphatic rings. The molecule has 3 N–H and O–H groups in total. The lowest BCUT2D eigenvalue weighted by Crippen LogP contribution is -2.03. The largest absolute Gasteiger partial charge is 0.324 e. The summed E-state index contributed by atoms with van der Waals surface area (Å²) in [6, 6.07) is 12.8. The number of anilines is 4. The summed E-state index contributed by atoms with van der Waals surface area (Å²) in [7, 11) is 0. The molecule has 0 fully saturated rings. The molecule has 130 valence electrons. The Morgan fingerprint density at radius 2 is 1.77 bits per heavy atom. The smallest absolute Gasteiger partial charge is 0.229 e. The second-order valence-corrected chi connectivity index (χ2v) is 5.73. The van der Waals surface area contributed by atoms with E-state index in [1.807, 2.05) is 37.3 Å². The van der Waals surface area contributed by atoms with Crippen LogP contribution in [-0.2, 0) is 0 Å². The van der Waals surface area contributed by atoms with Crippen molar-refractivity contribution in [1.82, 2.24) is 20.2 Å². The molecule has 0 spiro atoms. The highest BCUT2D eigenvalue weighted by molar-refractivity contribution is 5.91. The second kappa shape index (κ2) is 6.40. The van der Waals surface area contributed by atoms with Crippen LogP contribution in [0.5, 0.6) is 0 Å². The average Bonchev–Trinajstić information content (AvgIpc) is 3.03. The zero-order valence-electron chi connectivity index (χ0n) is 13.7. The van der Waals surface area contributed by atoms with Gasteiger partial charge in [0.2, 0.25) is 5.95 Å². The number of aryl methyl sites for hydroxylation is 1. The SMILES string of the molecule is Cc1cc(Nc2nc(Nc3ccc(F)c(F)c3)nc3ccccc23)n[nH]1. The summed E-state index contributed by atoms with van der Waals surface area (Å²) in [6.45, 7) is 1.90. The summed E-state index contributed by atoms with van der Waals surface area (Å²) in [6.07, 6.45) is 0. The first-order valence-electron chi connectivity index (χ1n) is 7.86. The van der Waals surface area contributed by atoms with Crippen molar-refractivity contribution in [3.8, 4) is 0 Å². The molecule has 4 rings (SSSR count). The number of nitrogens with zero attached hydrogens (tertiary/aromatic N) is 3. The summed E-state index contributed by atoms with van der Waals surface area (Å²) < 4.78 is 26.5. The highest BCUT2D eigenvalue weighted by atomic mass is 19.2. The number of aromatic nitrogens is 4. The number of nitrogens with one attached hydrogen (secondary N) is 3. The molecule has 0 aliphatic heterocycles. The van der Waals surface area contributed by atoms with E-state index in [0.717, 1.165) is 23.2 Å². The van der Waals surface area contributed by atoms with Gasteiger partial charge in [0.25, 0.3) is 0 Å². The number of fused-ring (bicyclic) bond motifs is 1. The molecule has 0 saturated carbocycles. The molecule has 0 amide bonds. The van der Waals surface area contributed by atoms with Gasteiger partial charge >= 0.3 is 0 Å². The van der Waals surface area contributed by atoms with E-state index in [2.05, 4.69) is 30.8 Å². The van der Waals surface area contributed by atoms with Crippen LogP contribution >= 0.6 is 0 Å². The normalized spacial score (nSPS) is 10.9. The van der Waals surface area contributed by atoms with Gasteiger partial charge in [-0.25, -0.2) is 13.8 Å². The van der Waals surface area contributed by atoms with Crippen LogP contribution in [0.1, 0.15) is 5.69 Å². The number of aromatic amines is 1. The van der Waals surface area contributed by atoms with E-state index in [1.54, 1.807) is 0 Å². The fourth-order valence-corrected chi connectivity index (χ4v) is 2.53. The molecule has 0 saturated heterocycles. The Morgan fingerprint density at radius 3 is 2.54 bits per heavy atom. The molecular weight excluding hydrogens is 338 g/mol. The van der Waals surface area contributed by atoms with Gasteiger partial charge in [-0.2, -0.15) is 10.1 Å². The molecule has 26 heavy (non-hydrogen) atoms. The van der Waals surface area contributed by atoms with E-state index in [-0.39, 0.29) is 5.95 Å². The van der Waals surface area contributed by atoms with E-state index in [9.17, 15) is 8.78 Å². The maximum Gasteiger partial charge on any atom is 0.229 e. The minimum absolute atomic E-state index is 0.254. The van der Waals surface area contributed by atoms with Gasteiger partial charge in [0.1, 0.15) is 5.82 Å². The zero-order valence-corrected chi connectivity index (χ0v) is 13.7. The highest BCUT2D eigenvalue weighted by Gasteiger charge is 2.10. The van der Waals surface area contributed by atoms with E-state index in [0.29, 0.717) is 22.8 Å². The lowest BCUT2D eigenvalue weighted by molar-refractivity contribution is 0.509. The maximum absolute atomic E-state index is 13.4. The van der Waals surface area contributed by atoms with Crippen LogP contribution in [0, 0.1) is 18.6 Å². The van der Waals surface area contributed by atoms with Crippen molar-refractivity contribution in [3.05, 3.63) is 65.9 Å². The van der Waals surface area contributed by atoms with Gasteiger partial charge in [0, 0.05) is 28.9 Å². The first kappa shape index (κ1) is 15.9. The first-order chi connectivity index (χ1) is 12.6. The third kappa shape index (κ3) is 3.16. The quantitative estimate of drug-likeness (QED) is 0.506. The lowest BCUT2D eigenvalue weighted by Gasteiger charge is -2.11. The lowest BCUT2D eigenvalue weighted by atomic mass is 10.2. The summed E-state index contributed by atoms with van der Waals surface area (Å²) in [4.78, 5) is 8.87. The predicted molar refractivity (Wildman–Crippen MR) is 95.8 cm³/mol. The molecule has 0 radical (unpaired) electrons. The van der Waals surface area contributed by atoms with Gasteiger partial charge in [-0.05, 0) is 31.2 Å². The fraction of sp³-hybridized carbons (Fsp3) is 0.0556. The van der Waals surface area contributed by atoms with E-state index in [4.69, 9.17) is 0 Å². The Hall–Kier alpha value is -3.55. The second-order valence-electron chi connectivity index (χ2n) is 5.73. The standard InChI is InChI=1S/C18H14F2N6/c1-10-8-16(26-25-10)23-17-12-4-2-3-5-15(12)22-18(24-17)21-11-6-7-13(19)14(20)9-11/h2-9H,1H3,(H3,21,22,23,24,25,26). The molecule has 6 nitrogen and oxygen atoms in total. The van der Waals surface area contributed by atoms with Crippen LogP contribution in [0.15, 0.2) is 48.5 Å². The van der Waals surface area contributed by atoms with Gasteiger partial charge in [-0.3, -0.25) is 5.10 Å². The van der Waals surface area contributed by atoms with Crippen LogP contribution in [0.3, 0.4) is 0 Å². The number of benzene rings is 2. The minimum Gasteiger partial charge on any atom is -0.324 e. The molecule has 8 heteroatoms. The van der Waals surface area contributed by atoms with Gasteiger partial charge in [-0.1, -0.05) is 12.1 Å². The molecule has 0 atom stereocenters. The molecule has 4 aromatic rings. The van der Waals surface area contributed by atoms with Crippen LogP contribution in [0.2, 0.25) is 0 Å². The van der Waals surface area contributed by atoms with E-state index in [1.165, 1.54) is 6.07 Å². The Balaban J connectivity index is 1.74. The van der Waals surface area contributed by atoms with E-state index < -0.39 is 11.6 Å². The molecule has 0 bridgehead atoms. The molecule has 0 unspecified atom stereocenters. The number of halogens is 2. The van der Waals surface area contributed by atoms with Crippen molar-refractivity contribution in [2.75, 3.05) is 10.6 Å². The number of rotatable bonds is 4. The Morgan fingerprint density at radius 1 is 0.923 bits per heavy atom. The van der Waals surface area contributed by atoms with Crippen molar-refractivity contribution in [2.24, 2.45) is 0 Å². The highest BCUT2D eigenvalue weighted by Crippen LogP contribution is 2.26. The van der Waals surface area contributed by atoms with Crippen molar-refractivity contribution in [3.63, 3.8) is 0 Å². The predicted octanol–water partition coefficient (Wildman–Crippen LogP) is 4.43. The maximum atomic E-state index is 13.4. The minimum atomic E-state index is -0.943. The molecule has 0 aliphatic carbocycles. The molecule has 2 aromatic carbocycles. The summed E-state index contributed by atoms with van der Waals surface area (Å²) in [5.74, 6) is -0.436. The molecule has 2 aromatic heterocycles. The molecular formula is C18H14F2N6. The van der Waals surface area contributed by atoms with Crippen molar-refractivity contribution in [2.45, 2.75) is 6.92 Å². The number of hydrogen-bond acceptors (Lipinski definition) is 5.